The van der Waals surface area contributed by atoms with Gasteiger partial charge in [0.15, 0.2) is 0 Å². The second-order valence-corrected chi connectivity index (χ2v) is 4.62. The number of nitrogens with one attached hydrogen (secondary N) is 1. The molecule has 2 fully saturated rings. The van der Waals surface area contributed by atoms with Crippen molar-refractivity contribution >= 4 is 5.91 Å². The summed E-state index contributed by atoms with van der Waals surface area (Å²) in [5.74, 6) is -0.0175. The average Bonchev–Trinajstić information content (AvgIpc) is 3.01. The summed E-state index contributed by atoms with van der Waals surface area (Å²) in [6.45, 7) is 3.18. The van der Waals surface area contributed by atoms with E-state index < -0.39 is 0 Å². The normalized spacial score (nSPS) is 25.9. The van der Waals surface area contributed by atoms with Gasteiger partial charge in [0.1, 0.15) is 6.61 Å². The third-order valence-electron chi connectivity index (χ3n) is 3.14. The predicted molar refractivity (Wildman–Crippen MR) is 61.0 cm³/mol. The number of rotatable bonds is 6. The van der Waals surface area contributed by atoms with Gasteiger partial charge in [-0.3, -0.25) is 9.69 Å². The average molecular weight is 227 g/mol. The van der Waals surface area contributed by atoms with Crippen LogP contribution in [0.2, 0.25) is 0 Å². The first-order valence-corrected chi connectivity index (χ1v) is 6.11. The van der Waals surface area contributed by atoms with E-state index in [0.29, 0.717) is 19.2 Å². The van der Waals surface area contributed by atoms with Crippen molar-refractivity contribution in [2.24, 2.45) is 5.73 Å². The molecule has 0 aromatic heterocycles. The SMILES string of the molecule is NCCOCC(=O)NC1CCN(C2CC2)C1. The fraction of sp³-hybridized carbons (Fsp3) is 0.909. The molecular weight excluding hydrogens is 206 g/mol. The fourth-order valence-electron chi connectivity index (χ4n) is 2.19. The molecule has 5 heteroatoms. The van der Waals surface area contributed by atoms with Crippen LogP contribution in [0, 0.1) is 0 Å². The van der Waals surface area contributed by atoms with Crippen molar-refractivity contribution in [2.45, 2.75) is 31.3 Å². The summed E-state index contributed by atoms with van der Waals surface area (Å²) < 4.78 is 5.09. The molecule has 1 aliphatic heterocycles. The highest BCUT2D eigenvalue weighted by atomic mass is 16.5. The zero-order valence-corrected chi connectivity index (χ0v) is 9.65. The first kappa shape index (κ1) is 11.8. The molecule has 0 aromatic rings. The Balaban J connectivity index is 1.60. The molecular formula is C11H21N3O2. The van der Waals surface area contributed by atoms with E-state index in [1.165, 1.54) is 12.8 Å². The Morgan fingerprint density at radius 3 is 2.94 bits per heavy atom. The van der Waals surface area contributed by atoms with Crippen molar-refractivity contribution in [3.8, 4) is 0 Å². The molecule has 2 rings (SSSR count). The highest BCUT2D eigenvalue weighted by Crippen LogP contribution is 2.29. The zero-order valence-electron chi connectivity index (χ0n) is 9.65. The standard InChI is InChI=1S/C11H21N3O2/c12-4-6-16-8-11(15)13-9-3-5-14(7-9)10-1-2-10/h9-10H,1-8,12H2,(H,13,15). The van der Waals surface area contributed by atoms with E-state index in [0.717, 1.165) is 25.6 Å². The Morgan fingerprint density at radius 2 is 2.25 bits per heavy atom. The van der Waals surface area contributed by atoms with Gasteiger partial charge in [-0.05, 0) is 19.3 Å². The first-order valence-electron chi connectivity index (χ1n) is 6.11. The van der Waals surface area contributed by atoms with Crippen LogP contribution in [-0.2, 0) is 9.53 Å². The van der Waals surface area contributed by atoms with Crippen LogP contribution in [0.25, 0.3) is 0 Å². The maximum Gasteiger partial charge on any atom is 0.246 e. The highest BCUT2D eigenvalue weighted by molar-refractivity contribution is 5.77. The lowest BCUT2D eigenvalue weighted by molar-refractivity contribution is -0.126. The quantitative estimate of drug-likeness (QED) is 0.590. The maximum atomic E-state index is 11.5. The molecule has 1 heterocycles. The van der Waals surface area contributed by atoms with Crippen molar-refractivity contribution in [1.29, 1.82) is 0 Å². The highest BCUT2D eigenvalue weighted by Gasteiger charge is 2.34. The van der Waals surface area contributed by atoms with Crippen LogP contribution in [0.1, 0.15) is 19.3 Å². The molecule has 1 saturated heterocycles. The number of nitrogens with zero attached hydrogens (tertiary/aromatic N) is 1. The largest absolute Gasteiger partial charge is 0.370 e. The monoisotopic (exact) mass is 227 g/mol. The molecule has 1 aliphatic carbocycles. The van der Waals surface area contributed by atoms with Gasteiger partial charge >= 0.3 is 0 Å². The minimum absolute atomic E-state index is 0.0175. The topological polar surface area (TPSA) is 67.6 Å². The van der Waals surface area contributed by atoms with Crippen LogP contribution in [0.5, 0.6) is 0 Å². The summed E-state index contributed by atoms with van der Waals surface area (Å²) in [7, 11) is 0. The molecule has 1 atom stereocenters. The summed E-state index contributed by atoms with van der Waals surface area (Å²) >= 11 is 0. The van der Waals surface area contributed by atoms with E-state index >= 15 is 0 Å². The van der Waals surface area contributed by atoms with E-state index in [2.05, 4.69) is 10.2 Å². The van der Waals surface area contributed by atoms with Crippen molar-refractivity contribution < 1.29 is 9.53 Å². The Kier molecular flexibility index (Phi) is 4.15. The second kappa shape index (κ2) is 5.61. The minimum atomic E-state index is -0.0175. The molecule has 0 bridgehead atoms. The van der Waals surface area contributed by atoms with Crippen molar-refractivity contribution in [3.05, 3.63) is 0 Å². The van der Waals surface area contributed by atoms with Crippen molar-refractivity contribution in [3.63, 3.8) is 0 Å². The molecule has 3 N–H and O–H groups in total. The lowest BCUT2D eigenvalue weighted by Gasteiger charge is -2.15. The fourth-order valence-corrected chi connectivity index (χ4v) is 2.19. The van der Waals surface area contributed by atoms with Crippen LogP contribution in [-0.4, -0.2) is 55.7 Å². The zero-order chi connectivity index (χ0) is 11.4. The third-order valence-corrected chi connectivity index (χ3v) is 3.14. The van der Waals surface area contributed by atoms with Crippen molar-refractivity contribution in [1.82, 2.24) is 10.2 Å². The number of nitrogens with two attached hydrogens (primary N) is 1. The summed E-state index contributed by atoms with van der Waals surface area (Å²) in [4.78, 5) is 13.9. The number of hydrogen-bond acceptors (Lipinski definition) is 4. The molecule has 92 valence electrons. The van der Waals surface area contributed by atoms with Crippen LogP contribution < -0.4 is 11.1 Å². The molecule has 0 aromatic carbocycles. The van der Waals surface area contributed by atoms with Gasteiger partial charge in [-0.15, -0.1) is 0 Å². The molecule has 2 aliphatic rings. The van der Waals surface area contributed by atoms with Crippen LogP contribution in [0.4, 0.5) is 0 Å². The Labute approximate surface area is 96.3 Å². The maximum absolute atomic E-state index is 11.5. The van der Waals surface area contributed by atoms with Gasteiger partial charge in [0.2, 0.25) is 5.91 Å². The summed E-state index contributed by atoms with van der Waals surface area (Å²) in [6.07, 6.45) is 3.74. The van der Waals surface area contributed by atoms with E-state index in [4.69, 9.17) is 10.5 Å². The number of carbonyl (C=O) groups is 1. The van der Waals surface area contributed by atoms with Crippen molar-refractivity contribution in [2.75, 3.05) is 32.8 Å². The summed E-state index contributed by atoms with van der Waals surface area (Å²) in [5, 5.41) is 3.00. The van der Waals surface area contributed by atoms with E-state index in [9.17, 15) is 4.79 Å². The number of ether oxygens (including phenoxy) is 1. The molecule has 5 nitrogen and oxygen atoms in total. The van der Waals surface area contributed by atoms with E-state index in [1.807, 2.05) is 0 Å². The molecule has 16 heavy (non-hydrogen) atoms. The second-order valence-electron chi connectivity index (χ2n) is 4.62. The molecule has 0 radical (unpaired) electrons. The van der Waals surface area contributed by atoms with Gasteiger partial charge in [0.25, 0.3) is 0 Å². The van der Waals surface area contributed by atoms with Crippen LogP contribution in [0.3, 0.4) is 0 Å². The van der Waals surface area contributed by atoms with Gasteiger partial charge < -0.3 is 15.8 Å². The van der Waals surface area contributed by atoms with Crippen LogP contribution >= 0.6 is 0 Å². The minimum Gasteiger partial charge on any atom is -0.370 e. The number of hydrogen-bond donors (Lipinski definition) is 2. The summed E-state index contributed by atoms with van der Waals surface area (Å²) in [6, 6.07) is 1.12. The summed E-state index contributed by atoms with van der Waals surface area (Å²) in [5.41, 5.74) is 5.27. The number of likely N-dealkylation sites (tertiary alicyclic amines) is 1. The Bertz CT molecular complexity index is 243. The van der Waals surface area contributed by atoms with E-state index in [1.54, 1.807) is 0 Å². The molecule has 1 saturated carbocycles. The Morgan fingerprint density at radius 1 is 1.44 bits per heavy atom. The third kappa shape index (κ3) is 3.43. The van der Waals surface area contributed by atoms with Gasteiger partial charge in [0, 0.05) is 31.7 Å². The Hall–Kier alpha value is -0.650. The number of amides is 1. The predicted octanol–water partition coefficient (Wildman–Crippen LogP) is -0.685. The smallest absolute Gasteiger partial charge is 0.246 e. The molecule has 1 amide bonds. The lowest BCUT2D eigenvalue weighted by Crippen LogP contribution is -2.39. The van der Waals surface area contributed by atoms with Gasteiger partial charge in [-0.1, -0.05) is 0 Å². The molecule has 0 spiro atoms. The van der Waals surface area contributed by atoms with E-state index in [-0.39, 0.29) is 12.5 Å². The molecule has 1 unspecified atom stereocenters. The van der Waals surface area contributed by atoms with Crippen LogP contribution in [0.15, 0.2) is 0 Å². The van der Waals surface area contributed by atoms with Gasteiger partial charge in [-0.2, -0.15) is 0 Å². The lowest BCUT2D eigenvalue weighted by atomic mass is 10.2. The van der Waals surface area contributed by atoms with Gasteiger partial charge in [-0.25, -0.2) is 0 Å². The number of carbonyl (C=O) groups excluding carboxylic acids is 1. The first-order chi connectivity index (χ1) is 7.79. The van der Waals surface area contributed by atoms with Gasteiger partial charge in [0.05, 0.1) is 6.61 Å².